The molecule has 3 heteroatoms. The van der Waals surface area contributed by atoms with Crippen LogP contribution < -0.4 is 4.90 Å². The van der Waals surface area contributed by atoms with Gasteiger partial charge >= 0.3 is 0 Å². The third kappa shape index (κ3) is 1.74. The summed E-state index contributed by atoms with van der Waals surface area (Å²) in [5, 5.41) is 1.04. The fraction of sp³-hybridized carbons (Fsp3) is 0.111. The SMILES string of the molecule is CC1C(=O)N(c2cnc3ccccc3c2)c2ccccc21. The summed E-state index contributed by atoms with van der Waals surface area (Å²) in [6.45, 7) is 1.95. The minimum atomic E-state index is -0.104. The zero-order chi connectivity index (χ0) is 14.4. The van der Waals surface area contributed by atoms with Crippen molar-refractivity contribution < 1.29 is 4.79 Å². The van der Waals surface area contributed by atoms with Crippen LogP contribution in [0, 0.1) is 0 Å². The molecule has 1 atom stereocenters. The van der Waals surface area contributed by atoms with Crippen LogP contribution in [0.1, 0.15) is 18.4 Å². The quantitative estimate of drug-likeness (QED) is 0.671. The van der Waals surface area contributed by atoms with Crippen molar-refractivity contribution in [3.63, 3.8) is 0 Å². The number of carbonyl (C=O) groups is 1. The van der Waals surface area contributed by atoms with Crippen molar-refractivity contribution >= 4 is 28.2 Å². The second kappa shape index (κ2) is 4.42. The average molecular weight is 274 g/mol. The van der Waals surface area contributed by atoms with Gasteiger partial charge in [0.25, 0.3) is 0 Å². The van der Waals surface area contributed by atoms with Crippen LogP contribution in [0.4, 0.5) is 11.4 Å². The minimum absolute atomic E-state index is 0.104. The van der Waals surface area contributed by atoms with Crippen LogP contribution in [0.5, 0.6) is 0 Å². The largest absolute Gasteiger partial charge is 0.279 e. The molecular formula is C18H14N2O. The van der Waals surface area contributed by atoms with Gasteiger partial charge in [0.2, 0.25) is 5.91 Å². The van der Waals surface area contributed by atoms with Crippen molar-refractivity contribution in [2.45, 2.75) is 12.8 Å². The van der Waals surface area contributed by atoms with Crippen molar-refractivity contribution in [1.82, 2.24) is 4.98 Å². The number of anilines is 2. The minimum Gasteiger partial charge on any atom is -0.279 e. The number of hydrogen-bond acceptors (Lipinski definition) is 2. The standard InChI is InChI=1S/C18H14N2O/c1-12-15-7-3-5-9-17(15)20(18(12)21)14-10-13-6-2-4-8-16(13)19-11-14/h2-12H,1H3. The molecule has 1 amide bonds. The molecule has 1 aliphatic heterocycles. The molecule has 0 radical (unpaired) electrons. The molecule has 4 rings (SSSR count). The number of rotatable bonds is 1. The first-order valence-corrected chi connectivity index (χ1v) is 7.03. The molecule has 21 heavy (non-hydrogen) atoms. The fourth-order valence-electron chi connectivity index (χ4n) is 2.95. The molecule has 0 saturated carbocycles. The first-order chi connectivity index (χ1) is 10.3. The highest BCUT2D eigenvalue weighted by molar-refractivity contribution is 6.10. The number of benzene rings is 2. The highest BCUT2D eigenvalue weighted by Gasteiger charge is 2.34. The molecule has 1 aliphatic rings. The molecule has 0 bridgehead atoms. The summed E-state index contributed by atoms with van der Waals surface area (Å²) in [7, 11) is 0. The van der Waals surface area contributed by atoms with E-state index in [1.807, 2.05) is 61.5 Å². The van der Waals surface area contributed by atoms with E-state index >= 15 is 0 Å². The summed E-state index contributed by atoms with van der Waals surface area (Å²) in [6, 6.07) is 17.9. The zero-order valence-electron chi connectivity index (χ0n) is 11.7. The van der Waals surface area contributed by atoms with Crippen LogP contribution >= 0.6 is 0 Å². The van der Waals surface area contributed by atoms with Crippen molar-refractivity contribution in [3.05, 3.63) is 66.4 Å². The van der Waals surface area contributed by atoms with Gasteiger partial charge in [-0.05, 0) is 30.7 Å². The van der Waals surface area contributed by atoms with Gasteiger partial charge in [-0.15, -0.1) is 0 Å². The second-order valence-corrected chi connectivity index (χ2v) is 5.34. The smallest absolute Gasteiger partial charge is 0.238 e. The van der Waals surface area contributed by atoms with Gasteiger partial charge in [0.05, 0.1) is 29.0 Å². The molecule has 0 spiro atoms. The summed E-state index contributed by atoms with van der Waals surface area (Å²) in [6.07, 6.45) is 1.77. The van der Waals surface area contributed by atoms with E-state index in [0.29, 0.717) is 0 Å². The predicted molar refractivity (Wildman–Crippen MR) is 83.7 cm³/mol. The van der Waals surface area contributed by atoms with Crippen LogP contribution in [-0.4, -0.2) is 10.9 Å². The molecule has 1 unspecified atom stereocenters. The molecular weight excluding hydrogens is 260 g/mol. The van der Waals surface area contributed by atoms with E-state index in [-0.39, 0.29) is 11.8 Å². The Balaban J connectivity index is 1.90. The average Bonchev–Trinajstić information content (AvgIpc) is 2.79. The van der Waals surface area contributed by atoms with Gasteiger partial charge in [0, 0.05) is 5.39 Å². The Bertz CT molecular complexity index is 856. The van der Waals surface area contributed by atoms with Crippen LogP contribution in [0.25, 0.3) is 10.9 Å². The number of nitrogens with zero attached hydrogens (tertiary/aromatic N) is 2. The molecule has 2 aromatic carbocycles. The molecule has 102 valence electrons. The predicted octanol–water partition coefficient (Wildman–Crippen LogP) is 4.02. The van der Waals surface area contributed by atoms with Gasteiger partial charge < -0.3 is 0 Å². The normalized spacial score (nSPS) is 17.3. The Kier molecular flexibility index (Phi) is 2.54. The Morgan fingerprint density at radius 3 is 2.71 bits per heavy atom. The topological polar surface area (TPSA) is 33.2 Å². The molecule has 1 aromatic heterocycles. The lowest BCUT2D eigenvalue weighted by atomic mass is 10.0. The van der Waals surface area contributed by atoms with Gasteiger partial charge in [0.15, 0.2) is 0 Å². The first kappa shape index (κ1) is 12.1. The van der Waals surface area contributed by atoms with Crippen molar-refractivity contribution in [3.8, 4) is 0 Å². The van der Waals surface area contributed by atoms with Crippen LogP contribution in [0.15, 0.2) is 60.8 Å². The Labute approximate surface area is 122 Å². The number of pyridine rings is 1. The summed E-state index contributed by atoms with van der Waals surface area (Å²) in [4.78, 5) is 18.8. The highest BCUT2D eigenvalue weighted by Crippen LogP contribution is 2.41. The molecule has 2 heterocycles. The van der Waals surface area contributed by atoms with Crippen molar-refractivity contribution in [1.29, 1.82) is 0 Å². The third-order valence-electron chi connectivity index (χ3n) is 4.07. The summed E-state index contributed by atoms with van der Waals surface area (Å²) < 4.78 is 0. The number of para-hydroxylation sites is 2. The van der Waals surface area contributed by atoms with Gasteiger partial charge in [-0.3, -0.25) is 14.7 Å². The molecule has 3 nitrogen and oxygen atoms in total. The molecule has 0 aliphatic carbocycles. The van der Waals surface area contributed by atoms with E-state index in [1.165, 1.54) is 0 Å². The van der Waals surface area contributed by atoms with E-state index in [9.17, 15) is 4.79 Å². The lowest BCUT2D eigenvalue weighted by molar-refractivity contribution is -0.118. The van der Waals surface area contributed by atoms with Crippen molar-refractivity contribution in [2.75, 3.05) is 4.90 Å². The zero-order valence-corrected chi connectivity index (χ0v) is 11.7. The Morgan fingerprint density at radius 1 is 1.05 bits per heavy atom. The number of carbonyl (C=O) groups excluding carboxylic acids is 1. The summed E-state index contributed by atoms with van der Waals surface area (Å²) >= 11 is 0. The molecule has 0 saturated heterocycles. The summed E-state index contributed by atoms with van der Waals surface area (Å²) in [5.41, 5.74) is 3.81. The maximum atomic E-state index is 12.6. The van der Waals surface area contributed by atoms with E-state index < -0.39 is 0 Å². The summed E-state index contributed by atoms with van der Waals surface area (Å²) in [5.74, 6) is 0.000881. The number of amides is 1. The Hall–Kier alpha value is -2.68. The van der Waals surface area contributed by atoms with Crippen LogP contribution in [0.2, 0.25) is 0 Å². The number of fused-ring (bicyclic) bond motifs is 2. The van der Waals surface area contributed by atoms with Gasteiger partial charge in [-0.25, -0.2) is 0 Å². The Morgan fingerprint density at radius 2 is 1.81 bits per heavy atom. The van der Waals surface area contributed by atoms with Crippen molar-refractivity contribution in [2.24, 2.45) is 0 Å². The van der Waals surface area contributed by atoms with Gasteiger partial charge in [0.1, 0.15) is 0 Å². The monoisotopic (exact) mass is 274 g/mol. The van der Waals surface area contributed by atoms with E-state index in [4.69, 9.17) is 0 Å². The fourth-order valence-corrected chi connectivity index (χ4v) is 2.95. The van der Waals surface area contributed by atoms with E-state index in [0.717, 1.165) is 27.8 Å². The first-order valence-electron chi connectivity index (χ1n) is 7.03. The molecule has 0 N–H and O–H groups in total. The van der Waals surface area contributed by atoms with Gasteiger partial charge in [-0.1, -0.05) is 36.4 Å². The third-order valence-corrected chi connectivity index (χ3v) is 4.07. The highest BCUT2D eigenvalue weighted by atomic mass is 16.2. The second-order valence-electron chi connectivity index (χ2n) is 5.34. The maximum absolute atomic E-state index is 12.6. The number of hydrogen-bond donors (Lipinski definition) is 0. The van der Waals surface area contributed by atoms with Crippen LogP contribution in [-0.2, 0) is 4.79 Å². The molecule has 3 aromatic rings. The van der Waals surface area contributed by atoms with E-state index in [1.54, 1.807) is 11.1 Å². The maximum Gasteiger partial charge on any atom is 0.238 e. The lowest BCUT2D eigenvalue weighted by Crippen LogP contribution is -2.22. The number of aromatic nitrogens is 1. The molecule has 0 fully saturated rings. The van der Waals surface area contributed by atoms with E-state index in [2.05, 4.69) is 4.98 Å². The van der Waals surface area contributed by atoms with Gasteiger partial charge in [-0.2, -0.15) is 0 Å². The van der Waals surface area contributed by atoms with Crippen LogP contribution in [0.3, 0.4) is 0 Å². The lowest BCUT2D eigenvalue weighted by Gasteiger charge is -2.18.